The number of carbonyl (C=O) groups is 1. The zero-order valence-electron chi connectivity index (χ0n) is 6.30. The largest absolute Gasteiger partial charge is 0.368 e. The topological polar surface area (TPSA) is 78.1 Å². The third-order valence-corrected chi connectivity index (χ3v) is 1.05. The monoisotopic (exact) mass is 166 g/mol. The fraction of sp³-hybridized carbons (Fsp3) is 0.143. The number of ether oxygens (including phenoxy) is 1. The average Bonchev–Trinajstić information content (AvgIpc) is 2.05. The van der Waals surface area contributed by atoms with Crippen molar-refractivity contribution in [1.29, 1.82) is 0 Å². The first-order chi connectivity index (χ1) is 5.79. The van der Waals surface area contributed by atoms with Gasteiger partial charge < -0.3 is 10.5 Å². The van der Waals surface area contributed by atoms with Gasteiger partial charge in [-0.05, 0) is 6.07 Å². The summed E-state index contributed by atoms with van der Waals surface area (Å²) in [5.41, 5.74) is 5.59. The van der Waals surface area contributed by atoms with Gasteiger partial charge in [-0.15, -0.1) is 0 Å². The van der Waals surface area contributed by atoms with Crippen molar-refractivity contribution in [1.82, 2.24) is 10.2 Å². The highest BCUT2D eigenvalue weighted by molar-refractivity contribution is 5.75. The van der Waals surface area contributed by atoms with Crippen molar-refractivity contribution in [2.75, 3.05) is 6.61 Å². The molecule has 0 aliphatic heterocycles. The summed E-state index contributed by atoms with van der Waals surface area (Å²) in [5.74, 6) is -0.506. The lowest BCUT2D eigenvalue weighted by molar-refractivity contribution is -0.121. The van der Waals surface area contributed by atoms with E-state index in [4.69, 9.17) is 10.5 Å². The molecule has 12 heavy (non-hydrogen) atoms. The van der Waals surface area contributed by atoms with Gasteiger partial charge in [0.05, 0.1) is 6.20 Å². The molecule has 63 valence electrons. The minimum Gasteiger partial charge on any atom is -0.368 e. The van der Waals surface area contributed by atoms with Crippen LogP contribution in [0.15, 0.2) is 18.5 Å². The van der Waals surface area contributed by atoms with Crippen LogP contribution < -0.4 is 5.73 Å². The van der Waals surface area contributed by atoms with E-state index in [1.807, 2.05) is 0 Å². The second kappa shape index (κ2) is 4.40. The van der Waals surface area contributed by atoms with Crippen LogP contribution in [-0.4, -0.2) is 22.7 Å². The Bertz CT molecular complexity index is 250. The van der Waals surface area contributed by atoms with Gasteiger partial charge in [0.15, 0.2) is 0 Å². The maximum Gasteiger partial charge on any atom is 0.243 e. The fourth-order valence-electron chi connectivity index (χ4n) is 0.591. The van der Waals surface area contributed by atoms with Gasteiger partial charge in [-0.2, -0.15) is 10.2 Å². The second-order valence-electron chi connectivity index (χ2n) is 2.07. The van der Waals surface area contributed by atoms with Gasteiger partial charge in [0.25, 0.3) is 0 Å². The van der Waals surface area contributed by atoms with E-state index in [-0.39, 0.29) is 6.61 Å². The van der Waals surface area contributed by atoms with Crippen molar-refractivity contribution in [3.05, 3.63) is 30.6 Å². The summed E-state index contributed by atoms with van der Waals surface area (Å²) in [4.78, 5) is 10.2. The predicted octanol–water partition coefficient (Wildman–Crippen LogP) is -0.512. The SMILES string of the molecule is NC(=O)CO[CH]c1ccnnc1. The van der Waals surface area contributed by atoms with Gasteiger partial charge in [0.2, 0.25) is 5.91 Å². The van der Waals surface area contributed by atoms with Gasteiger partial charge >= 0.3 is 0 Å². The maximum atomic E-state index is 10.2. The van der Waals surface area contributed by atoms with E-state index < -0.39 is 5.91 Å². The molecule has 1 rings (SSSR count). The van der Waals surface area contributed by atoms with Crippen molar-refractivity contribution in [3.63, 3.8) is 0 Å². The first kappa shape index (κ1) is 8.61. The molecule has 0 bridgehead atoms. The van der Waals surface area contributed by atoms with Crippen LogP contribution in [0.2, 0.25) is 0 Å². The number of nitrogens with zero attached hydrogens (tertiary/aromatic N) is 2. The van der Waals surface area contributed by atoms with E-state index in [1.165, 1.54) is 19.0 Å². The van der Waals surface area contributed by atoms with Crippen LogP contribution in [0, 0.1) is 6.61 Å². The molecule has 5 heteroatoms. The van der Waals surface area contributed by atoms with Crippen LogP contribution in [-0.2, 0) is 9.53 Å². The van der Waals surface area contributed by atoms with Crippen molar-refractivity contribution < 1.29 is 9.53 Å². The normalized spacial score (nSPS) is 9.67. The second-order valence-corrected chi connectivity index (χ2v) is 2.07. The summed E-state index contributed by atoms with van der Waals surface area (Å²) in [6, 6.07) is 1.70. The minimum atomic E-state index is -0.506. The predicted molar refractivity (Wildman–Crippen MR) is 40.6 cm³/mol. The molecule has 1 heterocycles. The van der Waals surface area contributed by atoms with Crippen LogP contribution in [0.3, 0.4) is 0 Å². The van der Waals surface area contributed by atoms with E-state index in [2.05, 4.69) is 10.2 Å². The van der Waals surface area contributed by atoms with Gasteiger partial charge in [0, 0.05) is 11.8 Å². The Morgan fingerprint density at radius 3 is 3.08 bits per heavy atom. The highest BCUT2D eigenvalue weighted by atomic mass is 16.5. The molecule has 0 aliphatic carbocycles. The summed E-state index contributed by atoms with van der Waals surface area (Å²) in [7, 11) is 0. The molecule has 0 aliphatic rings. The number of hydrogen-bond donors (Lipinski definition) is 1. The van der Waals surface area contributed by atoms with Gasteiger partial charge in [-0.25, -0.2) is 0 Å². The van der Waals surface area contributed by atoms with Crippen molar-refractivity contribution >= 4 is 5.91 Å². The van der Waals surface area contributed by atoms with E-state index in [0.717, 1.165) is 5.56 Å². The molecule has 0 aromatic carbocycles. The Balaban J connectivity index is 2.29. The van der Waals surface area contributed by atoms with Crippen LogP contribution in [0.4, 0.5) is 0 Å². The summed E-state index contributed by atoms with van der Waals surface area (Å²) in [6.45, 7) is 1.28. The quantitative estimate of drug-likeness (QED) is 0.653. The lowest BCUT2D eigenvalue weighted by Crippen LogP contribution is -2.17. The lowest BCUT2D eigenvalue weighted by Gasteiger charge is -1.98. The van der Waals surface area contributed by atoms with Gasteiger partial charge in [-0.1, -0.05) is 0 Å². The Morgan fingerprint density at radius 2 is 2.50 bits per heavy atom. The highest BCUT2D eigenvalue weighted by Crippen LogP contribution is 1.98. The standard InChI is InChI=1S/C7H8N3O2/c8-7(11)5-12-4-6-1-2-9-10-3-6/h1-4H,5H2,(H2,8,11). The number of rotatable bonds is 4. The first-order valence-electron chi connectivity index (χ1n) is 3.29. The first-order valence-corrected chi connectivity index (χ1v) is 3.29. The fourth-order valence-corrected chi connectivity index (χ4v) is 0.591. The average molecular weight is 166 g/mol. The Hall–Kier alpha value is -1.49. The number of nitrogens with two attached hydrogens (primary N) is 1. The van der Waals surface area contributed by atoms with E-state index >= 15 is 0 Å². The van der Waals surface area contributed by atoms with E-state index in [9.17, 15) is 4.79 Å². The number of amides is 1. The van der Waals surface area contributed by atoms with Crippen LogP contribution in [0.25, 0.3) is 0 Å². The molecule has 0 saturated carbocycles. The molecule has 0 saturated heterocycles. The molecular formula is C7H8N3O2. The highest BCUT2D eigenvalue weighted by Gasteiger charge is 1.96. The van der Waals surface area contributed by atoms with Gasteiger partial charge in [-0.3, -0.25) is 4.79 Å². The number of carbonyl (C=O) groups excluding carboxylic acids is 1. The molecule has 1 amide bonds. The van der Waals surface area contributed by atoms with Crippen LogP contribution >= 0.6 is 0 Å². The molecule has 1 aromatic heterocycles. The molecule has 1 radical (unpaired) electrons. The number of aromatic nitrogens is 2. The molecule has 0 atom stereocenters. The van der Waals surface area contributed by atoms with Crippen molar-refractivity contribution in [3.8, 4) is 0 Å². The van der Waals surface area contributed by atoms with Crippen LogP contribution in [0.1, 0.15) is 5.56 Å². The molecule has 0 fully saturated rings. The van der Waals surface area contributed by atoms with Crippen molar-refractivity contribution in [2.24, 2.45) is 5.73 Å². The molecule has 2 N–H and O–H groups in total. The number of primary amides is 1. The van der Waals surface area contributed by atoms with Crippen molar-refractivity contribution in [2.45, 2.75) is 0 Å². The smallest absolute Gasteiger partial charge is 0.243 e. The number of hydrogen-bond acceptors (Lipinski definition) is 4. The molecule has 1 aromatic rings. The lowest BCUT2D eigenvalue weighted by atomic mass is 10.3. The summed E-state index contributed by atoms with van der Waals surface area (Å²) < 4.78 is 4.81. The molecule has 5 nitrogen and oxygen atoms in total. The minimum absolute atomic E-state index is 0.123. The third-order valence-electron chi connectivity index (χ3n) is 1.05. The van der Waals surface area contributed by atoms with E-state index in [1.54, 1.807) is 6.07 Å². The summed E-state index contributed by atoms with van der Waals surface area (Å²) in [6.07, 6.45) is 3.04. The third kappa shape index (κ3) is 3.07. The van der Waals surface area contributed by atoms with E-state index in [0.29, 0.717) is 0 Å². The van der Waals surface area contributed by atoms with Gasteiger partial charge in [0.1, 0.15) is 13.2 Å². The maximum absolute atomic E-state index is 10.2. The summed E-state index contributed by atoms with van der Waals surface area (Å²) in [5, 5.41) is 7.18. The molecule has 0 unspecified atom stereocenters. The Kier molecular flexibility index (Phi) is 3.16. The summed E-state index contributed by atoms with van der Waals surface area (Å²) >= 11 is 0. The Labute approximate surface area is 69.5 Å². The molecule has 0 spiro atoms. The molecular weight excluding hydrogens is 158 g/mol. The Morgan fingerprint density at radius 1 is 1.67 bits per heavy atom. The zero-order chi connectivity index (χ0) is 8.81. The zero-order valence-corrected chi connectivity index (χ0v) is 6.30. The van der Waals surface area contributed by atoms with Crippen LogP contribution in [0.5, 0.6) is 0 Å².